The predicted molar refractivity (Wildman–Crippen MR) is 110 cm³/mol. The minimum atomic E-state index is -0.229. The Bertz CT molecular complexity index is 854. The Kier molecular flexibility index (Phi) is 6.22. The van der Waals surface area contributed by atoms with Gasteiger partial charge in [-0.3, -0.25) is 14.6 Å². The fraction of sp³-hybridized carbons (Fsp3) is 0.545. The molecule has 7 heteroatoms. The Morgan fingerprint density at radius 2 is 1.90 bits per heavy atom. The second-order valence-electron chi connectivity index (χ2n) is 8.05. The van der Waals surface area contributed by atoms with Crippen molar-refractivity contribution in [1.29, 1.82) is 0 Å². The number of nitrogens with zero attached hydrogens (tertiary/aromatic N) is 3. The highest BCUT2D eigenvalue weighted by Crippen LogP contribution is 2.22. The van der Waals surface area contributed by atoms with Crippen molar-refractivity contribution in [3.63, 3.8) is 0 Å². The van der Waals surface area contributed by atoms with Crippen molar-refractivity contribution in [1.82, 2.24) is 25.2 Å². The summed E-state index contributed by atoms with van der Waals surface area (Å²) in [6, 6.07) is 3.97. The molecule has 7 nitrogen and oxygen atoms in total. The first-order valence-electron chi connectivity index (χ1n) is 10.8. The molecule has 2 aromatic heterocycles. The molecule has 3 heterocycles. The highest BCUT2D eigenvalue weighted by molar-refractivity contribution is 5.97. The third kappa shape index (κ3) is 4.66. The van der Waals surface area contributed by atoms with Crippen LogP contribution in [0.25, 0.3) is 0 Å². The van der Waals surface area contributed by atoms with Crippen LogP contribution in [-0.4, -0.2) is 32.4 Å². The van der Waals surface area contributed by atoms with Crippen molar-refractivity contribution < 1.29 is 9.59 Å². The van der Waals surface area contributed by atoms with Crippen LogP contribution in [0.1, 0.15) is 83.7 Å². The van der Waals surface area contributed by atoms with Crippen molar-refractivity contribution >= 4 is 11.8 Å². The van der Waals surface area contributed by atoms with E-state index in [0.717, 1.165) is 62.7 Å². The highest BCUT2D eigenvalue weighted by Gasteiger charge is 2.28. The summed E-state index contributed by atoms with van der Waals surface area (Å²) in [7, 11) is 0. The zero-order chi connectivity index (χ0) is 20.1. The molecule has 0 atom stereocenters. The summed E-state index contributed by atoms with van der Waals surface area (Å²) >= 11 is 0. The van der Waals surface area contributed by atoms with Gasteiger partial charge in [-0.15, -0.1) is 0 Å². The average molecular weight is 396 g/mol. The van der Waals surface area contributed by atoms with Crippen LogP contribution in [0.3, 0.4) is 0 Å². The van der Waals surface area contributed by atoms with Crippen molar-refractivity contribution in [3.8, 4) is 0 Å². The van der Waals surface area contributed by atoms with Crippen molar-refractivity contribution in [2.45, 2.75) is 76.9 Å². The SMILES string of the molecule is O=C(NCc1cccnc1)c1nc(C(=O)NC2CCCCCC2)n2c1CCCC2. The van der Waals surface area contributed by atoms with Gasteiger partial charge in [0.15, 0.2) is 5.82 Å². The standard InChI is InChI=1S/C22H29N5O2/c28-21(24-15-16-8-7-12-23-14-16)19-18-11-5-6-13-27(18)20(26-19)22(29)25-17-9-3-1-2-4-10-17/h7-8,12,14,17H,1-6,9-11,13,15H2,(H,24,28)(H,25,29). The first-order valence-corrected chi connectivity index (χ1v) is 10.8. The number of carbonyl (C=O) groups is 2. The van der Waals surface area contributed by atoms with Gasteiger partial charge in [-0.05, 0) is 43.7 Å². The molecular weight excluding hydrogens is 366 g/mol. The Morgan fingerprint density at radius 3 is 2.66 bits per heavy atom. The molecule has 1 aliphatic carbocycles. The zero-order valence-corrected chi connectivity index (χ0v) is 16.8. The van der Waals surface area contributed by atoms with Gasteiger partial charge in [0, 0.05) is 31.5 Å². The molecule has 1 aliphatic heterocycles. The van der Waals surface area contributed by atoms with E-state index >= 15 is 0 Å². The van der Waals surface area contributed by atoms with Gasteiger partial charge in [0.2, 0.25) is 0 Å². The van der Waals surface area contributed by atoms with Crippen LogP contribution >= 0.6 is 0 Å². The van der Waals surface area contributed by atoms with Crippen LogP contribution < -0.4 is 10.6 Å². The largest absolute Gasteiger partial charge is 0.347 e. The molecule has 2 aromatic rings. The van der Waals surface area contributed by atoms with Gasteiger partial charge in [0.1, 0.15) is 5.69 Å². The maximum Gasteiger partial charge on any atom is 0.287 e. The lowest BCUT2D eigenvalue weighted by Crippen LogP contribution is -2.36. The van der Waals surface area contributed by atoms with Crippen LogP contribution in [0.4, 0.5) is 0 Å². The number of pyridine rings is 1. The van der Waals surface area contributed by atoms with E-state index in [9.17, 15) is 9.59 Å². The van der Waals surface area contributed by atoms with E-state index in [2.05, 4.69) is 20.6 Å². The molecule has 1 saturated carbocycles. The van der Waals surface area contributed by atoms with Gasteiger partial charge in [-0.1, -0.05) is 31.7 Å². The topological polar surface area (TPSA) is 88.9 Å². The molecule has 0 aromatic carbocycles. The number of amides is 2. The minimum Gasteiger partial charge on any atom is -0.347 e. The summed E-state index contributed by atoms with van der Waals surface area (Å²) in [6.07, 6.45) is 13.1. The van der Waals surface area contributed by atoms with E-state index in [1.54, 1.807) is 12.4 Å². The van der Waals surface area contributed by atoms with Gasteiger partial charge < -0.3 is 15.2 Å². The summed E-state index contributed by atoms with van der Waals surface area (Å²) < 4.78 is 1.95. The summed E-state index contributed by atoms with van der Waals surface area (Å²) in [6.45, 7) is 1.13. The van der Waals surface area contributed by atoms with Crippen molar-refractivity contribution in [2.75, 3.05) is 0 Å². The normalized spacial score (nSPS) is 17.2. The summed E-state index contributed by atoms with van der Waals surface area (Å²) in [5.41, 5.74) is 2.20. The van der Waals surface area contributed by atoms with E-state index in [0.29, 0.717) is 18.1 Å². The quantitative estimate of drug-likeness (QED) is 0.762. The smallest absolute Gasteiger partial charge is 0.287 e. The minimum absolute atomic E-state index is 0.147. The van der Waals surface area contributed by atoms with Crippen LogP contribution in [0, 0.1) is 0 Å². The Labute approximate surface area is 171 Å². The predicted octanol–water partition coefficient (Wildman–Crippen LogP) is 3.00. The number of imidazole rings is 1. The number of carbonyl (C=O) groups excluding carboxylic acids is 2. The Hall–Kier alpha value is -2.70. The second kappa shape index (κ2) is 9.20. The van der Waals surface area contributed by atoms with E-state index < -0.39 is 0 Å². The highest BCUT2D eigenvalue weighted by atomic mass is 16.2. The number of fused-ring (bicyclic) bond motifs is 1. The Balaban J connectivity index is 1.50. The number of hydrogen-bond donors (Lipinski definition) is 2. The summed E-state index contributed by atoms with van der Waals surface area (Å²) in [5, 5.41) is 6.09. The molecule has 0 bridgehead atoms. The number of rotatable bonds is 5. The monoisotopic (exact) mass is 395 g/mol. The molecule has 4 rings (SSSR count). The number of hydrogen-bond acceptors (Lipinski definition) is 4. The van der Waals surface area contributed by atoms with Crippen LogP contribution in [0.2, 0.25) is 0 Å². The van der Waals surface area contributed by atoms with E-state index in [4.69, 9.17) is 0 Å². The fourth-order valence-corrected chi connectivity index (χ4v) is 4.34. The van der Waals surface area contributed by atoms with Gasteiger partial charge in [-0.2, -0.15) is 0 Å². The third-order valence-corrected chi connectivity index (χ3v) is 5.90. The maximum atomic E-state index is 13.0. The Morgan fingerprint density at radius 1 is 1.07 bits per heavy atom. The lowest BCUT2D eigenvalue weighted by atomic mass is 10.1. The molecule has 2 N–H and O–H groups in total. The molecule has 154 valence electrons. The fourth-order valence-electron chi connectivity index (χ4n) is 4.34. The molecule has 29 heavy (non-hydrogen) atoms. The summed E-state index contributed by atoms with van der Waals surface area (Å²) in [4.78, 5) is 34.4. The molecule has 0 saturated heterocycles. The van der Waals surface area contributed by atoms with Crippen LogP contribution in [0.5, 0.6) is 0 Å². The van der Waals surface area contributed by atoms with Crippen LogP contribution in [0.15, 0.2) is 24.5 Å². The number of nitrogens with one attached hydrogen (secondary N) is 2. The lowest BCUT2D eigenvalue weighted by Gasteiger charge is -2.19. The number of aromatic nitrogens is 3. The van der Waals surface area contributed by atoms with Gasteiger partial charge >= 0.3 is 0 Å². The van der Waals surface area contributed by atoms with E-state index in [1.165, 1.54) is 12.8 Å². The zero-order valence-electron chi connectivity index (χ0n) is 16.8. The van der Waals surface area contributed by atoms with E-state index in [1.807, 2.05) is 16.7 Å². The molecular formula is C22H29N5O2. The third-order valence-electron chi connectivity index (χ3n) is 5.90. The summed E-state index contributed by atoms with van der Waals surface area (Å²) in [5.74, 6) is 0.00912. The van der Waals surface area contributed by atoms with Gasteiger partial charge in [0.25, 0.3) is 11.8 Å². The maximum absolute atomic E-state index is 13.0. The molecule has 1 fully saturated rings. The molecule has 0 radical (unpaired) electrons. The molecule has 2 amide bonds. The van der Waals surface area contributed by atoms with Crippen molar-refractivity contribution in [2.24, 2.45) is 0 Å². The van der Waals surface area contributed by atoms with E-state index in [-0.39, 0.29) is 17.9 Å². The lowest BCUT2D eigenvalue weighted by molar-refractivity contribution is 0.0917. The van der Waals surface area contributed by atoms with Gasteiger partial charge in [0.05, 0.1) is 5.69 Å². The first-order chi connectivity index (χ1) is 14.2. The van der Waals surface area contributed by atoms with Crippen molar-refractivity contribution in [3.05, 3.63) is 47.3 Å². The first kappa shape index (κ1) is 19.6. The van der Waals surface area contributed by atoms with Crippen LogP contribution in [-0.2, 0) is 19.5 Å². The molecule has 0 spiro atoms. The van der Waals surface area contributed by atoms with Gasteiger partial charge in [-0.25, -0.2) is 4.98 Å². The average Bonchev–Trinajstić information content (AvgIpc) is 2.96. The second-order valence-corrected chi connectivity index (χ2v) is 8.05. The molecule has 0 unspecified atom stereocenters. The molecule has 2 aliphatic rings.